The van der Waals surface area contributed by atoms with E-state index in [1.54, 1.807) is 58.6 Å². The van der Waals surface area contributed by atoms with Crippen molar-refractivity contribution in [1.29, 1.82) is 0 Å². The van der Waals surface area contributed by atoms with Crippen LogP contribution in [0.2, 0.25) is 0 Å². The molecule has 0 spiro atoms. The van der Waals surface area contributed by atoms with Gasteiger partial charge in [-0.05, 0) is 89.5 Å². The van der Waals surface area contributed by atoms with Gasteiger partial charge in [-0.1, -0.05) is 75.0 Å². The first-order valence-corrected chi connectivity index (χ1v) is 16.1. The summed E-state index contributed by atoms with van der Waals surface area (Å²) in [5, 5.41) is 5.73. The summed E-state index contributed by atoms with van der Waals surface area (Å²) >= 11 is 0. The van der Waals surface area contributed by atoms with Gasteiger partial charge < -0.3 is 25.0 Å². The van der Waals surface area contributed by atoms with E-state index in [-0.39, 0.29) is 24.3 Å². The summed E-state index contributed by atoms with van der Waals surface area (Å²) in [7, 11) is 0. The number of hydrogen-bond donors (Lipinski definition) is 2. The number of carbonyl (C=O) groups excluding carboxylic acids is 4. The SMILES string of the molecule is C=Cc1cccc(C(C(=O)NC(Cc2ccccc2)C(=O)OC(C)(C)C)N(C(=O)C(CC(C)C)NC(=O)OC(C)(C)C)C2CC2)c1. The molecule has 2 aromatic carbocycles. The highest BCUT2D eigenvalue weighted by atomic mass is 16.6. The maximum Gasteiger partial charge on any atom is 0.408 e. The van der Waals surface area contributed by atoms with E-state index < -0.39 is 47.3 Å². The highest BCUT2D eigenvalue weighted by Crippen LogP contribution is 2.36. The van der Waals surface area contributed by atoms with Crippen LogP contribution in [0.25, 0.3) is 6.08 Å². The van der Waals surface area contributed by atoms with Crippen molar-refractivity contribution < 1.29 is 28.7 Å². The Morgan fingerprint density at radius 1 is 0.891 bits per heavy atom. The van der Waals surface area contributed by atoms with Gasteiger partial charge in [-0.3, -0.25) is 9.59 Å². The van der Waals surface area contributed by atoms with Gasteiger partial charge in [-0.2, -0.15) is 0 Å². The third-order valence-electron chi connectivity index (χ3n) is 7.17. The number of esters is 1. The van der Waals surface area contributed by atoms with Crippen LogP contribution in [-0.4, -0.2) is 58.1 Å². The monoisotopic (exact) mass is 633 g/mol. The average molecular weight is 634 g/mol. The fraction of sp³-hybridized carbons (Fsp3) is 0.514. The lowest BCUT2D eigenvalue weighted by Gasteiger charge is -2.36. The molecule has 1 fully saturated rings. The topological polar surface area (TPSA) is 114 Å². The Hall–Kier alpha value is -4.14. The lowest BCUT2D eigenvalue weighted by Crippen LogP contribution is -2.55. The van der Waals surface area contributed by atoms with Crippen molar-refractivity contribution in [2.24, 2.45) is 5.92 Å². The number of amides is 3. The van der Waals surface area contributed by atoms with Crippen molar-refractivity contribution in [1.82, 2.24) is 15.5 Å². The summed E-state index contributed by atoms with van der Waals surface area (Å²) in [5.41, 5.74) is 0.657. The van der Waals surface area contributed by atoms with E-state index >= 15 is 0 Å². The number of nitrogens with zero attached hydrogens (tertiary/aromatic N) is 1. The smallest absolute Gasteiger partial charge is 0.408 e. The lowest BCUT2D eigenvalue weighted by molar-refractivity contribution is -0.159. The highest BCUT2D eigenvalue weighted by molar-refractivity contribution is 5.94. The molecule has 3 rings (SSSR count). The van der Waals surface area contributed by atoms with E-state index in [4.69, 9.17) is 9.47 Å². The van der Waals surface area contributed by atoms with Crippen LogP contribution in [0.3, 0.4) is 0 Å². The van der Waals surface area contributed by atoms with Gasteiger partial charge in [0, 0.05) is 12.5 Å². The highest BCUT2D eigenvalue weighted by Gasteiger charge is 2.45. The number of benzene rings is 2. The second-order valence-electron chi connectivity index (χ2n) is 14.4. The van der Waals surface area contributed by atoms with E-state index in [0.717, 1.165) is 11.1 Å². The van der Waals surface area contributed by atoms with Crippen LogP contribution < -0.4 is 10.6 Å². The molecule has 0 aromatic heterocycles. The first-order valence-electron chi connectivity index (χ1n) is 16.1. The Labute approximate surface area is 274 Å². The van der Waals surface area contributed by atoms with Crippen molar-refractivity contribution in [2.75, 3.05) is 0 Å². The van der Waals surface area contributed by atoms with E-state index in [0.29, 0.717) is 24.8 Å². The zero-order valence-corrected chi connectivity index (χ0v) is 28.6. The van der Waals surface area contributed by atoms with Gasteiger partial charge in [0.15, 0.2) is 0 Å². The van der Waals surface area contributed by atoms with Crippen molar-refractivity contribution in [3.63, 3.8) is 0 Å². The molecule has 0 aliphatic heterocycles. The van der Waals surface area contributed by atoms with Gasteiger partial charge in [0.1, 0.15) is 29.3 Å². The minimum Gasteiger partial charge on any atom is -0.458 e. The van der Waals surface area contributed by atoms with Crippen LogP contribution >= 0.6 is 0 Å². The number of alkyl carbamates (subject to hydrolysis) is 1. The molecule has 1 aliphatic rings. The second kappa shape index (κ2) is 15.4. The maximum atomic E-state index is 14.5. The quantitative estimate of drug-likeness (QED) is 0.248. The normalized spacial score (nSPS) is 15.2. The van der Waals surface area contributed by atoms with Crippen molar-refractivity contribution in [3.05, 3.63) is 77.9 Å². The van der Waals surface area contributed by atoms with E-state index in [1.165, 1.54) is 0 Å². The molecule has 0 saturated heterocycles. The molecule has 3 atom stereocenters. The van der Waals surface area contributed by atoms with Gasteiger partial charge in [0.25, 0.3) is 0 Å². The summed E-state index contributed by atoms with van der Waals surface area (Å²) < 4.78 is 11.2. The summed E-state index contributed by atoms with van der Waals surface area (Å²) in [5.74, 6) is -1.42. The average Bonchev–Trinajstić information content (AvgIpc) is 3.78. The maximum absolute atomic E-state index is 14.5. The first-order chi connectivity index (χ1) is 21.5. The number of carbonyl (C=O) groups is 4. The van der Waals surface area contributed by atoms with Gasteiger partial charge in [-0.15, -0.1) is 0 Å². The largest absolute Gasteiger partial charge is 0.458 e. The number of rotatable bonds is 13. The number of hydrogen-bond acceptors (Lipinski definition) is 6. The molecule has 2 N–H and O–H groups in total. The van der Waals surface area contributed by atoms with Crippen LogP contribution in [0.1, 0.15) is 97.4 Å². The molecule has 0 bridgehead atoms. The zero-order chi connectivity index (χ0) is 34.2. The molecular weight excluding hydrogens is 582 g/mol. The molecular formula is C37H51N3O6. The van der Waals surface area contributed by atoms with Crippen molar-refractivity contribution in [3.8, 4) is 0 Å². The minimum absolute atomic E-state index is 0.0590. The predicted molar refractivity (Wildman–Crippen MR) is 180 cm³/mol. The predicted octanol–water partition coefficient (Wildman–Crippen LogP) is 6.37. The third kappa shape index (κ3) is 11.3. The summed E-state index contributed by atoms with van der Waals surface area (Å²) in [4.78, 5) is 56.9. The number of ether oxygens (including phenoxy) is 2. The van der Waals surface area contributed by atoms with Crippen LogP contribution in [-0.2, 0) is 30.3 Å². The third-order valence-corrected chi connectivity index (χ3v) is 7.17. The van der Waals surface area contributed by atoms with Crippen LogP contribution in [0.15, 0.2) is 61.2 Å². The van der Waals surface area contributed by atoms with E-state index in [9.17, 15) is 19.2 Å². The fourth-order valence-corrected chi connectivity index (χ4v) is 5.15. The van der Waals surface area contributed by atoms with E-state index in [1.807, 2.05) is 62.4 Å². The van der Waals surface area contributed by atoms with Crippen molar-refractivity contribution in [2.45, 2.75) is 116 Å². The molecule has 1 saturated carbocycles. The molecule has 1 aliphatic carbocycles. The summed E-state index contributed by atoms with van der Waals surface area (Å²) in [6.07, 6.45) is 2.93. The lowest BCUT2D eigenvalue weighted by atomic mass is 9.97. The van der Waals surface area contributed by atoms with Crippen LogP contribution in [0.4, 0.5) is 4.79 Å². The number of nitrogens with one attached hydrogen (secondary N) is 2. The zero-order valence-electron chi connectivity index (χ0n) is 28.6. The van der Waals surface area contributed by atoms with Crippen LogP contribution in [0, 0.1) is 5.92 Å². The van der Waals surface area contributed by atoms with Gasteiger partial charge in [0.2, 0.25) is 11.8 Å². The fourth-order valence-electron chi connectivity index (χ4n) is 5.15. The summed E-state index contributed by atoms with van der Waals surface area (Å²) in [6, 6.07) is 13.4. The molecule has 3 amide bonds. The second-order valence-corrected chi connectivity index (χ2v) is 14.4. The molecule has 9 nitrogen and oxygen atoms in total. The molecule has 46 heavy (non-hydrogen) atoms. The molecule has 3 unspecified atom stereocenters. The van der Waals surface area contributed by atoms with Gasteiger partial charge in [0.05, 0.1) is 0 Å². The Morgan fingerprint density at radius 2 is 1.52 bits per heavy atom. The molecule has 9 heteroatoms. The Kier molecular flexibility index (Phi) is 12.2. The van der Waals surface area contributed by atoms with Gasteiger partial charge in [-0.25, -0.2) is 9.59 Å². The van der Waals surface area contributed by atoms with E-state index in [2.05, 4.69) is 17.2 Å². The summed E-state index contributed by atoms with van der Waals surface area (Å²) in [6.45, 7) is 18.4. The molecule has 0 heterocycles. The molecule has 250 valence electrons. The minimum atomic E-state index is -1.09. The van der Waals surface area contributed by atoms with Crippen LogP contribution in [0.5, 0.6) is 0 Å². The standard InChI is InChI=1S/C37H51N3O6/c1-10-25-17-14-18-27(22-25)31(32(41)38-30(34(43)45-36(4,5)6)23-26-15-12-11-13-16-26)40(28-19-20-28)33(42)29(21-24(2)3)39-35(44)46-37(7,8)9/h10-18,22,24,28-31H,1,19-21,23H2,2-9H3,(H,38,41)(H,39,44). The Bertz CT molecular complexity index is 1370. The Balaban J connectivity index is 2.06. The Morgan fingerprint density at radius 3 is 2.07 bits per heavy atom. The van der Waals surface area contributed by atoms with Gasteiger partial charge >= 0.3 is 12.1 Å². The molecule has 0 radical (unpaired) electrons. The first kappa shape index (κ1) is 36.3. The van der Waals surface area contributed by atoms with Crippen molar-refractivity contribution >= 4 is 30.0 Å². The molecule has 2 aromatic rings.